The molecule has 2 fully saturated rings. The van der Waals surface area contributed by atoms with Crippen molar-refractivity contribution in [2.45, 2.75) is 46.6 Å². The van der Waals surface area contributed by atoms with Crippen LogP contribution in [-0.4, -0.2) is 64.4 Å². The van der Waals surface area contributed by atoms with Crippen LogP contribution in [0.1, 0.15) is 49.8 Å². The first-order valence-electron chi connectivity index (χ1n) is 11.2. The average molecular weight is 474 g/mol. The number of carbonyl (C=O) groups excluding carboxylic acids is 1. The molecule has 0 radical (unpaired) electrons. The standard InChI is InChI=1S/C23H31N5O2S2/c1-5-7-9-27-20(26-12-10-25(4)11-13-26)17(16(3)18(15-24)21(27)29)14-19-22(30)28(8-6-2)23(31)32-19/h14H,5-13H2,1-4H3. The van der Waals surface area contributed by atoms with E-state index in [1.54, 1.807) is 9.47 Å². The summed E-state index contributed by atoms with van der Waals surface area (Å²) < 4.78 is 2.31. The van der Waals surface area contributed by atoms with Crippen molar-refractivity contribution in [2.75, 3.05) is 44.7 Å². The predicted octanol–water partition coefficient (Wildman–Crippen LogP) is 3.19. The Morgan fingerprint density at radius 3 is 2.41 bits per heavy atom. The SMILES string of the molecule is CCCCn1c(N2CCN(C)CC2)c(C=C2SC(=S)N(CCC)C2=O)c(C)c(C#N)c1=O. The molecule has 0 N–H and O–H groups in total. The van der Waals surface area contributed by atoms with Gasteiger partial charge in [-0.3, -0.25) is 19.1 Å². The zero-order valence-electron chi connectivity index (χ0n) is 19.3. The van der Waals surface area contributed by atoms with Crippen LogP contribution < -0.4 is 10.5 Å². The second-order valence-corrected chi connectivity index (χ2v) is 9.96. The van der Waals surface area contributed by atoms with Gasteiger partial charge in [-0.15, -0.1) is 0 Å². The second kappa shape index (κ2) is 10.6. The predicted molar refractivity (Wildman–Crippen MR) is 135 cm³/mol. The Morgan fingerprint density at radius 2 is 1.81 bits per heavy atom. The summed E-state index contributed by atoms with van der Waals surface area (Å²) in [5.74, 6) is 0.712. The molecule has 0 unspecified atom stereocenters. The van der Waals surface area contributed by atoms with E-state index in [1.807, 2.05) is 19.9 Å². The van der Waals surface area contributed by atoms with Crippen LogP contribution in [0.15, 0.2) is 9.70 Å². The number of pyridine rings is 1. The zero-order chi connectivity index (χ0) is 23.4. The first-order chi connectivity index (χ1) is 15.3. The van der Waals surface area contributed by atoms with E-state index in [1.165, 1.54) is 11.8 Å². The van der Waals surface area contributed by atoms with Crippen molar-refractivity contribution < 1.29 is 4.79 Å². The van der Waals surface area contributed by atoms with Crippen LogP contribution in [0.4, 0.5) is 5.82 Å². The maximum absolute atomic E-state index is 13.3. The molecule has 3 heterocycles. The summed E-state index contributed by atoms with van der Waals surface area (Å²) in [6.45, 7) is 10.4. The topological polar surface area (TPSA) is 72.6 Å². The lowest BCUT2D eigenvalue weighted by atomic mass is 10.0. The Balaban J connectivity index is 2.21. The van der Waals surface area contributed by atoms with Crippen LogP contribution in [0.5, 0.6) is 0 Å². The molecule has 0 aliphatic carbocycles. The summed E-state index contributed by atoms with van der Waals surface area (Å²) >= 11 is 6.73. The normalized spacial score (nSPS) is 18.7. The molecule has 9 heteroatoms. The number of nitrogens with zero attached hydrogens (tertiary/aromatic N) is 5. The molecule has 3 rings (SSSR count). The smallest absolute Gasteiger partial charge is 0.270 e. The minimum Gasteiger partial charge on any atom is -0.355 e. The highest BCUT2D eigenvalue weighted by Gasteiger charge is 2.33. The largest absolute Gasteiger partial charge is 0.355 e. The lowest BCUT2D eigenvalue weighted by Gasteiger charge is -2.36. The Bertz CT molecular complexity index is 1030. The van der Waals surface area contributed by atoms with Crippen LogP contribution in [-0.2, 0) is 11.3 Å². The molecule has 2 saturated heterocycles. The molecule has 32 heavy (non-hydrogen) atoms. The molecular weight excluding hydrogens is 442 g/mol. The van der Waals surface area contributed by atoms with Crippen molar-refractivity contribution in [3.63, 3.8) is 0 Å². The highest BCUT2D eigenvalue weighted by molar-refractivity contribution is 8.26. The van der Waals surface area contributed by atoms with Gasteiger partial charge in [-0.1, -0.05) is 44.2 Å². The molecule has 2 aliphatic rings. The highest BCUT2D eigenvalue weighted by Crippen LogP contribution is 2.36. The average Bonchev–Trinajstić information content (AvgIpc) is 3.03. The number of thiocarbonyl (C=S) groups is 1. The number of likely N-dealkylation sites (N-methyl/N-ethyl adjacent to an activating group) is 1. The maximum atomic E-state index is 13.3. The first-order valence-corrected chi connectivity index (χ1v) is 12.4. The van der Waals surface area contributed by atoms with Crippen molar-refractivity contribution >= 4 is 46.1 Å². The molecule has 0 aromatic carbocycles. The number of hydrogen-bond acceptors (Lipinski definition) is 7. The Kier molecular flexibility index (Phi) is 8.15. The summed E-state index contributed by atoms with van der Waals surface area (Å²) in [7, 11) is 2.09. The summed E-state index contributed by atoms with van der Waals surface area (Å²) in [4.78, 5) is 33.0. The third kappa shape index (κ3) is 4.77. The van der Waals surface area contributed by atoms with Gasteiger partial charge in [0.1, 0.15) is 21.8 Å². The minimum atomic E-state index is -0.247. The van der Waals surface area contributed by atoms with Gasteiger partial charge < -0.3 is 9.80 Å². The van der Waals surface area contributed by atoms with Crippen molar-refractivity contribution in [1.29, 1.82) is 5.26 Å². The number of carbonyl (C=O) groups is 1. The van der Waals surface area contributed by atoms with Gasteiger partial charge in [0.2, 0.25) is 0 Å². The van der Waals surface area contributed by atoms with E-state index >= 15 is 0 Å². The van der Waals surface area contributed by atoms with Crippen LogP contribution in [0.3, 0.4) is 0 Å². The number of aromatic nitrogens is 1. The number of anilines is 1. The Hall–Kier alpha value is -2.15. The van der Waals surface area contributed by atoms with E-state index < -0.39 is 0 Å². The number of thioether (sulfide) groups is 1. The van der Waals surface area contributed by atoms with E-state index in [0.717, 1.165) is 56.8 Å². The molecule has 0 spiro atoms. The molecule has 1 amide bonds. The third-order valence-electron chi connectivity index (χ3n) is 5.98. The number of rotatable bonds is 7. The van der Waals surface area contributed by atoms with Gasteiger partial charge in [0, 0.05) is 44.8 Å². The second-order valence-electron chi connectivity index (χ2n) is 8.28. The van der Waals surface area contributed by atoms with Gasteiger partial charge in [0.15, 0.2) is 0 Å². The molecule has 172 valence electrons. The van der Waals surface area contributed by atoms with E-state index in [-0.39, 0.29) is 17.0 Å². The Morgan fingerprint density at radius 1 is 1.12 bits per heavy atom. The maximum Gasteiger partial charge on any atom is 0.270 e. The summed E-state index contributed by atoms with van der Waals surface area (Å²) in [6, 6.07) is 2.11. The molecule has 0 atom stereocenters. The van der Waals surface area contributed by atoms with Gasteiger partial charge in [-0.25, -0.2) is 0 Å². The number of hydrogen-bond donors (Lipinski definition) is 0. The lowest BCUT2D eigenvalue weighted by Crippen LogP contribution is -2.47. The van der Waals surface area contributed by atoms with Crippen molar-refractivity contribution in [3.05, 3.63) is 31.9 Å². The first kappa shape index (κ1) is 24.5. The summed E-state index contributed by atoms with van der Waals surface area (Å²) in [5.41, 5.74) is 1.30. The number of piperazine rings is 1. The molecule has 1 aromatic rings. The van der Waals surface area contributed by atoms with E-state index in [0.29, 0.717) is 27.9 Å². The molecule has 7 nitrogen and oxygen atoms in total. The van der Waals surface area contributed by atoms with Crippen LogP contribution in [0.25, 0.3) is 6.08 Å². The quantitative estimate of drug-likeness (QED) is 0.445. The minimum absolute atomic E-state index is 0.101. The number of amides is 1. The molecule has 1 aromatic heterocycles. The summed E-state index contributed by atoms with van der Waals surface area (Å²) in [5, 5.41) is 9.77. The fourth-order valence-electron chi connectivity index (χ4n) is 4.07. The van der Waals surface area contributed by atoms with Gasteiger partial charge in [0.05, 0.1) is 4.91 Å². The highest BCUT2D eigenvalue weighted by atomic mass is 32.2. The van der Waals surface area contributed by atoms with Crippen LogP contribution >= 0.6 is 24.0 Å². The fraction of sp³-hybridized carbons (Fsp3) is 0.565. The summed E-state index contributed by atoms with van der Waals surface area (Å²) in [6.07, 6.45) is 4.45. The lowest BCUT2D eigenvalue weighted by molar-refractivity contribution is -0.122. The van der Waals surface area contributed by atoms with Crippen LogP contribution in [0, 0.1) is 18.3 Å². The van der Waals surface area contributed by atoms with Crippen molar-refractivity contribution in [1.82, 2.24) is 14.4 Å². The third-order valence-corrected chi connectivity index (χ3v) is 7.36. The van der Waals surface area contributed by atoms with Gasteiger partial charge in [-0.2, -0.15) is 5.26 Å². The number of unbranched alkanes of at least 4 members (excludes halogenated alkanes) is 1. The van der Waals surface area contributed by atoms with Crippen molar-refractivity contribution in [2.24, 2.45) is 0 Å². The molecule has 2 aliphatic heterocycles. The Labute approximate surface area is 199 Å². The number of nitriles is 1. The van der Waals surface area contributed by atoms with E-state index in [9.17, 15) is 14.9 Å². The van der Waals surface area contributed by atoms with Gasteiger partial charge in [-0.05, 0) is 38.5 Å². The van der Waals surface area contributed by atoms with Crippen molar-refractivity contribution in [3.8, 4) is 6.07 Å². The monoisotopic (exact) mass is 473 g/mol. The molecule has 0 saturated carbocycles. The van der Waals surface area contributed by atoms with Crippen LogP contribution in [0.2, 0.25) is 0 Å². The molecular formula is C23H31N5O2S2. The fourth-order valence-corrected chi connectivity index (χ4v) is 5.36. The molecule has 0 bridgehead atoms. The van der Waals surface area contributed by atoms with Gasteiger partial charge >= 0.3 is 0 Å². The zero-order valence-corrected chi connectivity index (χ0v) is 20.9. The van der Waals surface area contributed by atoms with Gasteiger partial charge in [0.25, 0.3) is 11.5 Å². The van der Waals surface area contributed by atoms with E-state index in [2.05, 4.69) is 29.8 Å². The van der Waals surface area contributed by atoms with E-state index in [4.69, 9.17) is 12.2 Å².